The highest BCUT2D eigenvalue weighted by Crippen LogP contribution is 2.44. The third-order valence-electron chi connectivity index (χ3n) is 5.46. The van der Waals surface area contributed by atoms with Gasteiger partial charge in [-0.25, -0.2) is 4.59 Å². The van der Waals surface area contributed by atoms with Crippen molar-refractivity contribution in [2.24, 2.45) is 11.0 Å². The second kappa shape index (κ2) is 10.2. The average Bonchev–Trinajstić information content (AvgIpc) is 3.25. The molecular weight excluding hydrogens is 519 g/mol. The van der Waals surface area contributed by atoms with E-state index >= 15 is 0 Å². The fourth-order valence-corrected chi connectivity index (χ4v) is 6.23. The Kier molecular flexibility index (Phi) is 8.08. The molecule has 1 aromatic heterocycles. The Morgan fingerprint density at radius 2 is 1.90 bits per heavy atom. The average molecular weight is 547 g/mol. The van der Waals surface area contributed by atoms with Crippen molar-refractivity contribution in [3.8, 4) is 0 Å². The van der Waals surface area contributed by atoms with Crippen LogP contribution in [0.15, 0.2) is 39.2 Å². The van der Waals surface area contributed by atoms with Crippen LogP contribution in [-0.4, -0.2) is 36.3 Å². The van der Waals surface area contributed by atoms with Gasteiger partial charge in [0.25, 0.3) is 0 Å². The summed E-state index contributed by atoms with van der Waals surface area (Å²) in [5, 5.41) is 7.72. The molecule has 9 heteroatoms. The Morgan fingerprint density at radius 3 is 2.45 bits per heavy atom. The van der Waals surface area contributed by atoms with Gasteiger partial charge in [0.1, 0.15) is 18.8 Å². The van der Waals surface area contributed by atoms with Gasteiger partial charge in [0.15, 0.2) is 0 Å². The molecule has 1 aromatic carbocycles. The highest BCUT2D eigenvalue weighted by atomic mass is 79.9. The van der Waals surface area contributed by atoms with Crippen molar-refractivity contribution in [3.63, 3.8) is 0 Å². The number of hydrazone groups is 1. The Morgan fingerprint density at radius 1 is 1.23 bits per heavy atom. The number of rotatable bonds is 8. The summed E-state index contributed by atoms with van der Waals surface area (Å²) in [5.41, 5.74) is 4.46. The van der Waals surface area contributed by atoms with E-state index in [9.17, 15) is 4.79 Å². The summed E-state index contributed by atoms with van der Waals surface area (Å²) in [7, 11) is 2.06. The summed E-state index contributed by atoms with van der Waals surface area (Å²) >= 11 is 17.8. The van der Waals surface area contributed by atoms with E-state index in [-0.39, 0.29) is 17.9 Å². The minimum absolute atomic E-state index is 0.117. The summed E-state index contributed by atoms with van der Waals surface area (Å²) in [6, 6.07) is 9.30. The van der Waals surface area contributed by atoms with E-state index in [2.05, 4.69) is 48.3 Å². The molecule has 0 saturated heterocycles. The molecule has 168 valence electrons. The van der Waals surface area contributed by atoms with Crippen LogP contribution in [0, 0.1) is 5.92 Å². The second-order valence-corrected chi connectivity index (χ2v) is 11.4. The van der Waals surface area contributed by atoms with Gasteiger partial charge >= 0.3 is 5.91 Å². The van der Waals surface area contributed by atoms with Crippen LogP contribution in [0.3, 0.4) is 0 Å². The van der Waals surface area contributed by atoms with E-state index in [1.807, 2.05) is 24.1 Å². The molecule has 1 aliphatic rings. The predicted octanol–water partition coefficient (Wildman–Crippen LogP) is 6.67. The van der Waals surface area contributed by atoms with Gasteiger partial charge in [0.2, 0.25) is 0 Å². The van der Waals surface area contributed by atoms with E-state index in [0.29, 0.717) is 20.3 Å². The number of amides is 1. The Labute approximate surface area is 206 Å². The number of hydrogen-bond acceptors (Lipinski definition) is 4. The van der Waals surface area contributed by atoms with Crippen molar-refractivity contribution in [1.82, 2.24) is 5.43 Å². The first kappa shape index (κ1) is 24.5. The number of anilines is 1. The lowest BCUT2D eigenvalue weighted by Gasteiger charge is -2.33. The summed E-state index contributed by atoms with van der Waals surface area (Å²) < 4.78 is 1.53. The van der Waals surface area contributed by atoms with Crippen molar-refractivity contribution in [2.45, 2.75) is 39.7 Å². The molecule has 2 unspecified atom stereocenters. The van der Waals surface area contributed by atoms with Crippen LogP contribution in [0.4, 0.5) is 5.69 Å². The molecule has 1 N–H and O–H groups in total. The Balaban J connectivity index is 1.99. The maximum Gasteiger partial charge on any atom is 0.312 e. The van der Waals surface area contributed by atoms with Crippen LogP contribution in [0.2, 0.25) is 10.0 Å². The SMILES string of the molecule is CCC[N+](C)(CCC)NC(=O)C1=NN(c2ccc(Cl)cc2Cl)C(c2ccc(Br)s2)C1C. The van der Waals surface area contributed by atoms with Crippen molar-refractivity contribution >= 4 is 67.8 Å². The van der Waals surface area contributed by atoms with Crippen LogP contribution in [0.1, 0.15) is 44.5 Å². The van der Waals surface area contributed by atoms with Crippen molar-refractivity contribution in [1.29, 1.82) is 0 Å². The summed E-state index contributed by atoms with van der Waals surface area (Å²) in [6.07, 6.45) is 1.97. The summed E-state index contributed by atoms with van der Waals surface area (Å²) in [6.45, 7) is 8.04. The van der Waals surface area contributed by atoms with Crippen LogP contribution in [-0.2, 0) is 4.79 Å². The molecule has 5 nitrogen and oxygen atoms in total. The molecule has 0 fully saturated rings. The van der Waals surface area contributed by atoms with Gasteiger partial charge in [-0.3, -0.25) is 9.80 Å². The number of nitrogens with zero attached hydrogens (tertiary/aromatic N) is 3. The molecule has 2 atom stereocenters. The number of benzene rings is 1. The normalized spacial score (nSPS) is 18.9. The largest absolute Gasteiger partial charge is 0.312 e. The predicted molar refractivity (Wildman–Crippen MR) is 135 cm³/mol. The standard InChI is InChI=1S/C22H27BrCl2N4OS/c1-5-11-29(4,12-6-2)27-22(30)20-14(3)21(18-9-10-19(23)31-18)28(26-20)17-8-7-15(24)13-16(17)25/h7-10,13-14,21H,5-6,11-12H2,1-4H3/p+1. The molecule has 0 aliphatic carbocycles. The third kappa shape index (κ3) is 5.45. The highest BCUT2D eigenvalue weighted by molar-refractivity contribution is 9.11. The monoisotopic (exact) mass is 545 g/mol. The smallest absolute Gasteiger partial charge is 0.263 e. The fraction of sp³-hybridized carbons (Fsp3) is 0.455. The fourth-order valence-electron chi connectivity index (χ4n) is 4.12. The zero-order valence-electron chi connectivity index (χ0n) is 18.2. The van der Waals surface area contributed by atoms with E-state index in [4.69, 9.17) is 28.3 Å². The lowest BCUT2D eigenvalue weighted by atomic mass is 9.95. The topological polar surface area (TPSA) is 44.7 Å². The number of thiophene rings is 1. The van der Waals surface area contributed by atoms with Gasteiger partial charge in [-0.05, 0) is 59.1 Å². The van der Waals surface area contributed by atoms with E-state index in [1.165, 1.54) is 0 Å². The summed E-state index contributed by atoms with van der Waals surface area (Å²) in [5.74, 6) is -0.251. The maximum atomic E-state index is 13.4. The van der Waals surface area contributed by atoms with Gasteiger partial charge in [-0.15, -0.1) is 11.3 Å². The van der Waals surface area contributed by atoms with Crippen LogP contribution < -0.4 is 10.4 Å². The van der Waals surface area contributed by atoms with Gasteiger partial charge in [0.05, 0.1) is 27.6 Å². The number of hydrogen-bond donors (Lipinski definition) is 1. The molecule has 0 spiro atoms. The molecular formula is C22H28BrCl2N4OS+. The van der Waals surface area contributed by atoms with E-state index in [0.717, 1.165) is 40.3 Å². The molecule has 1 aliphatic heterocycles. The first-order valence-electron chi connectivity index (χ1n) is 10.4. The van der Waals surface area contributed by atoms with E-state index in [1.54, 1.807) is 23.5 Å². The molecule has 31 heavy (non-hydrogen) atoms. The van der Waals surface area contributed by atoms with Crippen molar-refractivity contribution in [2.75, 3.05) is 25.1 Å². The van der Waals surface area contributed by atoms with Crippen molar-refractivity contribution in [3.05, 3.63) is 49.0 Å². The minimum atomic E-state index is -0.134. The maximum absolute atomic E-state index is 13.4. The Bertz CT molecular complexity index is 974. The lowest BCUT2D eigenvalue weighted by Crippen LogP contribution is -2.60. The third-order valence-corrected chi connectivity index (χ3v) is 7.70. The molecule has 0 bridgehead atoms. The van der Waals surface area contributed by atoms with Crippen molar-refractivity contribution < 1.29 is 9.39 Å². The number of carbonyl (C=O) groups excluding carboxylic acids is 1. The minimum Gasteiger partial charge on any atom is -0.263 e. The first-order valence-corrected chi connectivity index (χ1v) is 12.8. The number of nitrogens with one attached hydrogen (secondary N) is 1. The first-order chi connectivity index (χ1) is 14.7. The van der Waals surface area contributed by atoms with Crippen LogP contribution in [0.25, 0.3) is 0 Å². The molecule has 2 aromatic rings. The molecule has 1 amide bonds. The molecule has 0 saturated carbocycles. The van der Waals surface area contributed by atoms with Gasteiger partial charge in [-0.2, -0.15) is 10.5 Å². The number of quaternary nitrogens is 1. The van der Waals surface area contributed by atoms with Gasteiger partial charge in [-0.1, -0.05) is 44.0 Å². The summed E-state index contributed by atoms with van der Waals surface area (Å²) in [4.78, 5) is 14.5. The Hall–Kier alpha value is -1.12. The van der Waals surface area contributed by atoms with E-state index < -0.39 is 0 Å². The molecule has 3 rings (SSSR count). The zero-order valence-corrected chi connectivity index (χ0v) is 22.1. The second-order valence-electron chi connectivity index (χ2n) is 8.08. The quantitative estimate of drug-likeness (QED) is 0.297. The zero-order chi connectivity index (χ0) is 22.8. The number of carbonyl (C=O) groups is 1. The number of halogens is 3. The molecule has 0 radical (unpaired) electrons. The van der Waals surface area contributed by atoms with Gasteiger partial charge < -0.3 is 0 Å². The lowest BCUT2D eigenvalue weighted by molar-refractivity contribution is -0.943. The van der Waals surface area contributed by atoms with Gasteiger partial charge in [0, 0.05) is 15.8 Å². The van der Waals surface area contributed by atoms with Crippen LogP contribution in [0.5, 0.6) is 0 Å². The molecule has 2 heterocycles. The van der Waals surface area contributed by atoms with Crippen LogP contribution >= 0.6 is 50.5 Å². The highest BCUT2D eigenvalue weighted by Gasteiger charge is 2.42.